The zero-order valence-corrected chi connectivity index (χ0v) is 11.1. The van der Waals surface area contributed by atoms with Gasteiger partial charge in [0.05, 0.1) is 0 Å². The number of ether oxygens (including phenoxy) is 1. The Morgan fingerprint density at radius 1 is 1.26 bits per heavy atom. The van der Waals surface area contributed by atoms with Crippen molar-refractivity contribution in [1.82, 2.24) is 0 Å². The molecular weight excluding hydrogens is 272 g/mol. The van der Waals surface area contributed by atoms with E-state index in [4.69, 9.17) is 16.2 Å². The summed E-state index contributed by atoms with van der Waals surface area (Å²) in [6.45, 7) is 1.17. The Bertz CT molecular complexity index is 469. The molecule has 0 radical (unpaired) electrons. The van der Waals surface area contributed by atoms with Gasteiger partial charge < -0.3 is 21.5 Å². The third-order valence-corrected chi connectivity index (χ3v) is 1.80. The normalized spacial score (nSPS) is 8.89. The van der Waals surface area contributed by atoms with Gasteiger partial charge in [-0.25, -0.2) is 9.79 Å². The summed E-state index contributed by atoms with van der Waals surface area (Å²) in [5.41, 5.74) is 10.8. The van der Waals surface area contributed by atoms with E-state index < -0.39 is 5.97 Å². The van der Waals surface area contributed by atoms with E-state index in [1.54, 1.807) is 24.3 Å². The number of nitrogens with zero attached hydrogens (tertiary/aromatic N) is 1. The topological polar surface area (TPSA) is 120 Å². The molecule has 0 heterocycles. The van der Waals surface area contributed by atoms with E-state index in [1.807, 2.05) is 0 Å². The number of hydrogen-bond acceptors (Lipinski definition) is 4. The lowest BCUT2D eigenvalue weighted by Gasteiger charge is -2.05. The monoisotopic (exact) mass is 286 g/mol. The molecule has 1 aromatic rings. The van der Waals surface area contributed by atoms with Crippen LogP contribution in [0.15, 0.2) is 29.3 Å². The summed E-state index contributed by atoms with van der Waals surface area (Å²) in [5.74, 6) is -0.573. The molecule has 1 amide bonds. The molecule has 5 N–H and O–H groups in total. The van der Waals surface area contributed by atoms with Gasteiger partial charge in [0.15, 0.2) is 5.96 Å². The van der Waals surface area contributed by atoms with Crippen molar-refractivity contribution < 1.29 is 14.3 Å². The SMILES string of the molecule is CC(=O)Nc1ccc(OC(=O)CN=C(N)N)cc1.Cl. The van der Waals surface area contributed by atoms with Crippen molar-refractivity contribution in [1.29, 1.82) is 0 Å². The Balaban J connectivity index is 0.00000324. The zero-order chi connectivity index (χ0) is 13.5. The van der Waals surface area contributed by atoms with Gasteiger partial charge in [0.1, 0.15) is 12.3 Å². The number of carbonyl (C=O) groups is 2. The fourth-order valence-corrected chi connectivity index (χ4v) is 1.13. The van der Waals surface area contributed by atoms with Crippen molar-refractivity contribution in [2.24, 2.45) is 16.5 Å². The molecular formula is C11H15ClN4O3. The molecule has 0 aliphatic carbocycles. The lowest BCUT2D eigenvalue weighted by atomic mass is 10.3. The lowest BCUT2D eigenvalue weighted by molar-refractivity contribution is -0.132. The summed E-state index contributed by atoms with van der Waals surface area (Å²) < 4.78 is 4.95. The maximum Gasteiger partial charge on any atom is 0.333 e. The van der Waals surface area contributed by atoms with Gasteiger partial charge in [0.2, 0.25) is 5.91 Å². The number of esters is 1. The van der Waals surface area contributed by atoms with Gasteiger partial charge >= 0.3 is 5.97 Å². The smallest absolute Gasteiger partial charge is 0.333 e. The van der Waals surface area contributed by atoms with Gasteiger partial charge in [0, 0.05) is 12.6 Å². The maximum atomic E-state index is 11.3. The highest BCUT2D eigenvalue weighted by molar-refractivity contribution is 5.88. The number of rotatable bonds is 4. The zero-order valence-electron chi connectivity index (χ0n) is 10.3. The van der Waals surface area contributed by atoms with Crippen molar-refractivity contribution in [3.63, 3.8) is 0 Å². The molecule has 0 fully saturated rings. The van der Waals surface area contributed by atoms with E-state index in [2.05, 4.69) is 10.3 Å². The molecule has 19 heavy (non-hydrogen) atoms. The lowest BCUT2D eigenvalue weighted by Crippen LogP contribution is -2.25. The van der Waals surface area contributed by atoms with Crippen LogP contribution < -0.4 is 21.5 Å². The van der Waals surface area contributed by atoms with E-state index in [0.29, 0.717) is 11.4 Å². The highest BCUT2D eigenvalue weighted by Crippen LogP contribution is 2.15. The molecule has 7 nitrogen and oxygen atoms in total. The van der Waals surface area contributed by atoms with E-state index >= 15 is 0 Å². The predicted molar refractivity (Wildman–Crippen MR) is 74.3 cm³/mol. The Morgan fingerprint density at radius 2 is 1.84 bits per heavy atom. The number of guanidine groups is 1. The van der Waals surface area contributed by atoms with Gasteiger partial charge in [-0.05, 0) is 24.3 Å². The minimum atomic E-state index is -0.573. The number of halogens is 1. The number of benzene rings is 1. The molecule has 0 saturated heterocycles. The van der Waals surface area contributed by atoms with Gasteiger partial charge in [-0.2, -0.15) is 0 Å². The predicted octanol–water partition coefficient (Wildman–Crippen LogP) is 0.246. The van der Waals surface area contributed by atoms with Gasteiger partial charge in [0.25, 0.3) is 0 Å². The molecule has 1 rings (SSSR count). The van der Waals surface area contributed by atoms with Gasteiger partial charge in [-0.15, -0.1) is 12.4 Å². The summed E-state index contributed by atoms with van der Waals surface area (Å²) in [6.07, 6.45) is 0. The summed E-state index contributed by atoms with van der Waals surface area (Å²) >= 11 is 0. The summed E-state index contributed by atoms with van der Waals surface area (Å²) in [6, 6.07) is 6.34. The van der Waals surface area contributed by atoms with E-state index in [1.165, 1.54) is 6.92 Å². The molecule has 0 bridgehead atoms. The standard InChI is InChI=1S/C11H14N4O3.ClH/c1-7(16)15-8-2-4-9(5-3-8)18-10(17)6-14-11(12)13;/h2-5H,6H2,1H3,(H,15,16)(H4,12,13,14);1H. The van der Waals surface area contributed by atoms with Crippen LogP contribution in [0.4, 0.5) is 5.69 Å². The quantitative estimate of drug-likeness (QED) is 0.317. The Labute approximate surface area is 116 Å². The first-order valence-electron chi connectivity index (χ1n) is 5.11. The summed E-state index contributed by atoms with van der Waals surface area (Å²) in [4.78, 5) is 25.6. The van der Waals surface area contributed by atoms with Crippen molar-refractivity contribution in [3.05, 3.63) is 24.3 Å². The average Bonchev–Trinajstić information content (AvgIpc) is 2.28. The van der Waals surface area contributed by atoms with Crippen molar-refractivity contribution >= 4 is 35.9 Å². The number of aliphatic imine (C=N–C) groups is 1. The van der Waals surface area contributed by atoms with Gasteiger partial charge in [-0.3, -0.25) is 4.79 Å². The van der Waals surface area contributed by atoms with E-state index in [9.17, 15) is 9.59 Å². The van der Waals surface area contributed by atoms with Crippen LogP contribution in [0, 0.1) is 0 Å². The molecule has 1 aromatic carbocycles. The van der Waals surface area contributed by atoms with Crippen LogP contribution in [0.5, 0.6) is 5.75 Å². The molecule has 0 aliphatic rings. The highest BCUT2D eigenvalue weighted by Gasteiger charge is 2.04. The average molecular weight is 287 g/mol. The second kappa shape index (κ2) is 7.93. The minimum absolute atomic E-state index is 0. The molecule has 0 saturated carbocycles. The fourth-order valence-electron chi connectivity index (χ4n) is 1.13. The van der Waals surface area contributed by atoms with Crippen LogP contribution in [0.2, 0.25) is 0 Å². The van der Waals surface area contributed by atoms with Crippen LogP contribution in [0.1, 0.15) is 6.92 Å². The van der Waals surface area contributed by atoms with Crippen molar-refractivity contribution in [2.75, 3.05) is 11.9 Å². The summed E-state index contributed by atoms with van der Waals surface area (Å²) in [5, 5.41) is 2.59. The molecule has 0 spiro atoms. The Kier molecular flexibility index (Phi) is 6.98. The first kappa shape index (κ1) is 16.7. The minimum Gasteiger partial charge on any atom is -0.425 e. The molecule has 0 aliphatic heterocycles. The number of carbonyl (C=O) groups excluding carboxylic acids is 2. The second-order valence-electron chi connectivity index (χ2n) is 3.42. The Hall–Kier alpha value is -2.28. The van der Waals surface area contributed by atoms with Crippen LogP contribution in [-0.2, 0) is 9.59 Å². The summed E-state index contributed by atoms with van der Waals surface area (Å²) in [7, 11) is 0. The maximum absolute atomic E-state index is 11.3. The molecule has 104 valence electrons. The third kappa shape index (κ3) is 6.89. The highest BCUT2D eigenvalue weighted by atomic mass is 35.5. The number of nitrogens with two attached hydrogens (primary N) is 2. The molecule has 0 aromatic heterocycles. The first-order valence-corrected chi connectivity index (χ1v) is 5.11. The second-order valence-corrected chi connectivity index (χ2v) is 3.42. The fraction of sp³-hybridized carbons (Fsp3) is 0.182. The molecule has 0 atom stereocenters. The van der Waals surface area contributed by atoms with Crippen LogP contribution in [0.25, 0.3) is 0 Å². The van der Waals surface area contributed by atoms with Crippen LogP contribution in [-0.4, -0.2) is 24.4 Å². The number of hydrogen-bond donors (Lipinski definition) is 3. The van der Waals surface area contributed by atoms with Crippen molar-refractivity contribution in [2.45, 2.75) is 6.92 Å². The third-order valence-electron chi connectivity index (χ3n) is 1.80. The number of nitrogens with one attached hydrogen (secondary N) is 1. The first-order chi connectivity index (χ1) is 8.47. The van der Waals surface area contributed by atoms with Crippen LogP contribution >= 0.6 is 12.4 Å². The van der Waals surface area contributed by atoms with Crippen LogP contribution in [0.3, 0.4) is 0 Å². The Morgan fingerprint density at radius 3 is 2.32 bits per heavy atom. The van der Waals surface area contributed by atoms with Gasteiger partial charge in [-0.1, -0.05) is 0 Å². The number of amides is 1. The number of anilines is 1. The van der Waals surface area contributed by atoms with E-state index in [-0.39, 0.29) is 30.8 Å². The molecule has 8 heteroatoms. The molecule has 0 unspecified atom stereocenters. The van der Waals surface area contributed by atoms with Crippen molar-refractivity contribution in [3.8, 4) is 5.75 Å². The van der Waals surface area contributed by atoms with E-state index in [0.717, 1.165) is 0 Å². The largest absolute Gasteiger partial charge is 0.425 e.